The highest BCUT2D eigenvalue weighted by atomic mass is 35.5. The smallest absolute Gasteiger partial charge is 0.240 e. The Kier molecular flexibility index (Phi) is 6.68. The molecule has 2 aromatic rings. The molecule has 2 aromatic heterocycles. The van der Waals surface area contributed by atoms with Gasteiger partial charge in [0, 0.05) is 39.1 Å². The van der Waals surface area contributed by atoms with E-state index in [1.54, 1.807) is 7.11 Å². The lowest BCUT2D eigenvalue weighted by molar-refractivity contribution is 0.0950. The summed E-state index contributed by atoms with van der Waals surface area (Å²) in [7, 11) is -0.908. The van der Waals surface area contributed by atoms with Gasteiger partial charge in [0.15, 0.2) is 5.82 Å². The van der Waals surface area contributed by atoms with E-state index in [-0.39, 0.29) is 23.2 Å². The maximum absolute atomic E-state index is 13.3. The van der Waals surface area contributed by atoms with Crippen molar-refractivity contribution in [2.45, 2.75) is 49.0 Å². The molecule has 1 saturated carbocycles. The van der Waals surface area contributed by atoms with Gasteiger partial charge in [0.2, 0.25) is 16.0 Å². The highest BCUT2D eigenvalue weighted by Gasteiger charge is 2.49. The number of sulfonamides is 1. The first-order valence-corrected chi connectivity index (χ1v) is 12.3. The fraction of sp³-hybridized carbons (Fsp3) is 0.684. The Morgan fingerprint density at radius 2 is 2.03 bits per heavy atom. The molecule has 3 heterocycles. The molecule has 0 amide bonds. The molecule has 0 radical (unpaired) electrons. The first-order chi connectivity index (χ1) is 15.3. The van der Waals surface area contributed by atoms with Crippen LogP contribution in [0.2, 0.25) is 5.02 Å². The molecule has 1 aliphatic carbocycles. The summed E-state index contributed by atoms with van der Waals surface area (Å²) in [4.78, 5) is 8.23. The zero-order valence-electron chi connectivity index (χ0n) is 18.2. The zero-order valence-corrected chi connectivity index (χ0v) is 19.8. The van der Waals surface area contributed by atoms with Crippen molar-refractivity contribution in [2.24, 2.45) is 0 Å². The van der Waals surface area contributed by atoms with Gasteiger partial charge in [0.05, 0.1) is 23.8 Å². The molecule has 13 heteroatoms. The third kappa shape index (κ3) is 4.46. The van der Waals surface area contributed by atoms with E-state index in [1.807, 2.05) is 4.57 Å². The van der Waals surface area contributed by atoms with Crippen LogP contribution in [-0.4, -0.2) is 72.4 Å². The van der Waals surface area contributed by atoms with Crippen LogP contribution >= 0.6 is 11.6 Å². The Bertz CT molecular complexity index is 1040. The van der Waals surface area contributed by atoms with Crippen molar-refractivity contribution in [3.8, 4) is 0 Å². The van der Waals surface area contributed by atoms with Gasteiger partial charge in [0.1, 0.15) is 17.2 Å². The molecule has 2 aliphatic rings. The van der Waals surface area contributed by atoms with E-state index in [0.29, 0.717) is 30.7 Å². The lowest BCUT2D eigenvalue weighted by atomic mass is 10.1. The lowest BCUT2D eigenvalue weighted by Crippen LogP contribution is -2.35. The number of ether oxygens (including phenoxy) is 3. The predicted octanol–water partition coefficient (Wildman–Crippen LogP) is 1.88. The fourth-order valence-electron chi connectivity index (χ4n) is 4.04. The van der Waals surface area contributed by atoms with Crippen molar-refractivity contribution in [3.63, 3.8) is 0 Å². The van der Waals surface area contributed by atoms with Crippen LogP contribution in [0.5, 0.6) is 0 Å². The highest BCUT2D eigenvalue weighted by Crippen LogP contribution is 2.47. The molecule has 1 N–H and O–H groups in total. The van der Waals surface area contributed by atoms with Crippen molar-refractivity contribution in [2.75, 3.05) is 38.8 Å². The largest absolute Gasteiger partial charge is 0.382 e. The zero-order chi connectivity index (χ0) is 22.9. The van der Waals surface area contributed by atoms with E-state index in [1.165, 1.54) is 26.4 Å². The Balaban J connectivity index is 1.64. The van der Waals surface area contributed by atoms with Gasteiger partial charge >= 0.3 is 0 Å². The van der Waals surface area contributed by atoms with E-state index < -0.39 is 21.4 Å². The van der Waals surface area contributed by atoms with Gasteiger partial charge < -0.3 is 14.2 Å². The molecule has 176 valence electrons. The molecule has 0 aromatic carbocycles. The Morgan fingerprint density at radius 3 is 2.59 bits per heavy atom. The van der Waals surface area contributed by atoms with Crippen molar-refractivity contribution >= 4 is 27.6 Å². The Labute approximate surface area is 191 Å². The SMILES string of the molecule is COCC1(n2c(NS(=O)(=O)C(C)C(OC)c3ncc(Cl)cn3)nnc2[C@@H]2CCOC2)CC1. The molecule has 11 nitrogen and oxygen atoms in total. The summed E-state index contributed by atoms with van der Waals surface area (Å²) in [5.41, 5.74) is -0.364. The average Bonchev–Trinajstić information content (AvgIpc) is 3.15. The van der Waals surface area contributed by atoms with Gasteiger partial charge in [-0.15, -0.1) is 10.2 Å². The van der Waals surface area contributed by atoms with E-state index in [4.69, 9.17) is 25.8 Å². The Morgan fingerprint density at radius 1 is 1.31 bits per heavy atom. The first kappa shape index (κ1) is 23.3. The van der Waals surface area contributed by atoms with Crippen LogP contribution in [0.1, 0.15) is 49.9 Å². The predicted molar refractivity (Wildman–Crippen MR) is 116 cm³/mol. The topological polar surface area (TPSA) is 130 Å². The number of aromatic nitrogens is 5. The maximum atomic E-state index is 13.3. The number of hydrogen-bond donors (Lipinski definition) is 1. The summed E-state index contributed by atoms with van der Waals surface area (Å²) in [6, 6.07) is 0. The number of hydrogen-bond acceptors (Lipinski definition) is 9. The van der Waals surface area contributed by atoms with Gasteiger partial charge in [-0.1, -0.05) is 11.6 Å². The molecule has 2 fully saturated rings. The second kappa shape index (κ2) is 9.18. The monoisotopic (exact) mass is 486 g/mol. The van der Waals surface area contributed by atoms with E-state index in [2.05, 4.69) is 24.9 Å². The molecule has 3 atom stereocenters. The minimum absolute atomic E-state index is 0.0571. The second-order valence-electron chi connectivity index (χ2n) is 8.20. The van der Waals surface area contributed by atoms with Crippen LogP contribution in [0.3, 0.4) is 0 Å². The molecule has 2 unspecified atom stereocenters. The average molecular weight is 487 g/mol. The number of nitrogens with one attached hydrogen (secondary N) is 1. The van der Waals surface area contributed by atoms with E-state index >= 15 is 0 Å². The molecular weight excluding hydrogens is 460 g/mol. The molecular formula is C19H27ClN6O5S. The lowest BCUT2D eigenvalue weighted by Gasteiger charge is -2.25. The van der Waals surface area contributed by atoms with Gasteiger partial charge in [-0.3, -0.25) is 9.29 Å². The molecule has 0 bridgehead atoms. The fourth-order valence-corrected chi connectivity index (χ4v) is 5.27. The number of halogens is 1. The summed E-state index contributed by atoms with van der Waals surface area (Å²) in [6.45, 7) is 3.14. The number of methoxy groups -OCH3 is 2. The minimum atomic E-state index is -3.95. The van der Waals surface area contributed by atoms with Gasteiger partial charge in [-0.25, -0.2) is 18.4 Å². The first-order valence-electron chi connectivity index (χ1n) is 10.4. The highest BCUT2D eigenvalue weighted by molar-refractivity contribution is 7.93. The van der Waals surface area contributed by atoms with Crippen LogP contribution in [0.4, 0.5) is 5.95 Å². The number of nitrogens with zero attached hydrogens (tertiary/aromatic N) is 5. The van der Waals surface area contributed by atoms with Crippen molar-refractivity contribution in [3.05, 3.63) is 29.1 Å². The van der Waals surface area contributed by atoms with E-state index in [0.717, 1.165) is 19.3 Å². The van der Waals surface area contributed by atoms with Gasteiger partial charge in [-0.05, 0) is 26.2 Å². The van der Waals surface area contributed by atoms with Crippen LogP contribution in [0.25, 0.3) is 0 Å². The molecule has 1 aliphatic heterocycles. The quantitative estimate of drug-likeness (QED) is 0.534. The van der Waals surface area contributed by atoms with Crippen molar-refractivity contribution < 1.29 is 22.6 Å². The van der Waals surface area contributed by atoms with Crippen LogP contribution in [0.15, 0.2) is 12.4 Å². The summed E-state index contributed by atoms with van der Waals surface area (Å²) in [5.74, 6) is 1.16. The van der Waals surface area contributed by atoms with Crippen LogP contribution in [0, 0.1) is 0 Å². The van der Waals surface area contributed by atoms with E-state index in [9.17, 15) is 8.42 Å². The van der Waals surface area contributed by atoms with Crippen LogP contribution < -0.4 is 4.72 Å². The minimum Gasteiger partial charge on any atom is -0.382 e. The summed E-state index contributed by atoms with van der Waals surface area (Å²) >= 11 is 5.85. The molecule has 4 rings (SSSR count). The third-order valence-corrected chi connectivity index (χ3v) is 7.88. The third-order valence-electron chi connectivity index (χ3n) is 6.00. The Hall–Kier alpha value is -1.86. The maximum Gasteiger partial charge on any atom is 0.240 e. The van der Waals surface area contributed by atoms with Gasteiger partial charge in [-0.2, -0.15) is 0 Å². The normalized spacial score (nSPS) is 21.9. The molecule has 1 saturated heterocycles. The number of rotatable bonds is 10. The van der Waals surface area contributed by atoms with Crippen molar-refractivity contribution in [1.29, 1.82) is 0 Å². The molecule has 0 spiro atoms. The van der Waals surface area contributed by atoms with Crippen LogP contribution in [-0.2, 0) is 29.8 Å². The summed E-state index contributed by atoms with van der Waals surface area (Å²) in [6.07, 6.45) is 4.40. The molecule has 32 heavy (non-hydrogen) atoms. The van der Waals surface area contributed by atoms with Gasteiger partial charge in [0.25, 0.3) is 0 Å². The second-order valence-corrected chi connectivity index (χ2v) is 10.7. The van der Waals surface area contributed by atoms with Crippen molar-refractivity contribution in [1.82, 2.24) is 24.7 Å². The summed E-state index contributed by atoms with van der Waals surface area (Å²) < 4.78 is 47.5. The standard InChI is InChI=1S/C19H27ClN6O5S/c1-12(15(30-3)16-21-8-14(20)9-22-16)32(27,28)25-18-24-23-17(13-4-7-31-10-13)26(18)19(5-6-19)11-29-2/h8-9,12-13,15H,4-7,10-11H2,1-3H3,(H,24,25)/t12?,13-,15?/m1/s1. The summed E-state index contributed by atoms with van der Waals surface area (Å²) in [5, 5.41) is 7.88. The number of anilines is 1.